The highest BCUT2D eigenvalue weighted by molar-refractivity contribution is 5.76. The first kappa shape index (κ1) is 15.5. The number of hydrogen-bond donors (Lipinski definition) is 1. The van der Waals surface area contributed by atoms with E-state index in [1.54, 1.807) is 0 Å². The third kappa shape index (κ3) is 3.70. The quantitative estimate of drug-likeness (QED) is 0.927. The van der Waals surface area contributed by atoms with Crippen molar-refractivity contribution in [1.29, 1.82) is 0 Å². The first-order valence-electron chi connectivity index (χ1n) is 8.82. The molecule has 0 spiro atoms. The largest absolute Gasteiger partial charge is 0.340 e. The van der Waals surface area contributed by atoms with Crippen molar-refractivity contribution < 1.29 is 4.79 Å². The number of nitrogens with two attached hydrogens (primary N) is 1. The van der Waals surface area contributed by atoms with Gasteiger partial charge in [-0.25, -0.2) is 0 Å². The first-order valence-corrected chi connectivity index (χ1v) is 8.82. The molecular weight excluding hydrogens is 272 g/mol. The van der Waals surface area contributed by atoms with Gasteiger partial charge in [-0.05, 0) is 17.9 Å². The Morgan fingerprint density at radius 1 is 1.09 bits per heavy atom. The molecule has 1 saturated heterocycles. The average molecular weight is 300 g/mol. The van der Waals surface area contributed by atoms with Gasteiger partial charge in [-0.2, -0.15) is 0 Å². The summed E-state index contributed by atoms with van der Waals surface area (Å²) in [5, 5.41) is 0. The Labute approximate surface area is 133 Å². The predicted octanol–water partition coefficient (Wildman–Crippen LogP) is 3.30. The van der Waals surface area contributed by atoms with Gasteiger partial charge in [0.05, 0.1) is 0 Å². The Bertz CT molecular complexity index is 481. The summed E-state index contributed by atoms with van der Waals surface area (Å²) >= 11 is 0. The molecule has 0 radical (unpaired) electrons. The summed E-state index contributed by atoms with van der Waals surface area (Å²) in [6.45, 7) is 1.50. The first-order chi connectivity index (χ1) is 10.7. The topological polar surface area (TPSA) is 46.3 Å². The molecule has 0 unspecified atom stereocenters. The van der Waals surface area contributed by atoms with E-state index in [-0.39, 0.29) is 6.04 Å². The summed E-state index contributed by atoms with van der Waals surface area (Å²) in [4.78, 5) is 14.5. The van der Waals surface area contributed by atoms with E-state index in [0.717, 1.165) is 18.9 Å². The second-order valence-electron chi connectivity index (χ2n) is 7.02. The normalized spacial score (nSPS) is 26.3. The van der Waals surface area contributed by atoms with Crippen LogP contribution in [0.5, 0.6) is 0 Å². The Kier molecular flexibility index (Phi) is 5.14. The van der Waals surface area contributed by atoms with Crippen molar-refractivity contribution in [3.05, 3.63) is 35.9 Å². The van der Waals surface area contributed by atoms with E-state index in [4.69, 9.17) is 5.73 Å². The summed E-state index contributed by atoms with van der Waals surface area (Å²) in [6, 6.07) is 10.4. The van der Waals surface area contributed by atoms with Crippen molar-refractivity contribution >= 4 is 5.91 Å². The molecule has 1 heterocycles. The number of rotatable bonds is 4. The van der Waals surface area contributed by atoms with Gasteiger partial charge in [0.1, 0.15) is 0 Å². The van der Waals surface area contributed by atoms with E-state index < -0.39 is 0 Å². The zero-order valence-corrected chi connectivity index (χ0v) is 13.4. The number of carbonyl (C=O) groups is 1. The monoisotopic (exact) mass is 300 g/mol. The second-order valence-corrected chi connectivity index (χ2v) is 7.02. The lowest BCUT2D eigenvalue weighted by Gasteiger charge is -2.22. The Balaban J connectivity index is 1.51. The van der Waals surface area contributed by atoms with Crippen molar-refractivity contribution in [2.45, 2.75) is 56.9 Å². The summed E-state index contributed by atoms with van der Waals surface area (Å²) in [5.74, 6) is 1.37. The maximum Gasteiger partial charge on any atom is 0.222 e. The molecular formula is C19H28N2O. The highest BCUT2D eigenvalue weighted by atomic mass is 16.2. The van der Waals surface area contributed by atoms with Gasteiger partial charge in [-0.15, -0.1) is 0 Å². The van der Waals surface area contributed by atoms with Gasteiger partial charge in [-0.1, -0.05) is 62.4 Å². The van der Waals surface area contributed by atoms with Crippen LogP contribution in [0.2, 0.25) is 0 Å². The summed E-state index contributed by atoms with van der Waals surface area (Å²) in [7, 11) is 0. The summed E-state index contributed by atoms with van der Waals surface area (Å²) in [6.07, 6.45) is 8.50. The molecule has 0 aromatic heterocycles. The van der Waals surface area contributed by atoms with Crippen molar-refractivity contribution in [1.82, 2.24) is 4.90 Å². The van der Waals surface area contributed by atoms with E-state index in [2.05, 4.69) is 24.3 Å². The van der Waals surface area contributed by atoms with E-state index in [0.29, 0.717) is 24.8 Å². The SMILES string of the molecule is N[C@@H]1CN(C(=O)CCC2CCCCC2)C[C@H]1c1ccccc1. The van der Waals surface area contributed by atoms with Crippen LogP contribution < -0.4 is 5.73 Å². The molecule has 2 aliphatic rings. The van der Waals surface area contributed by atoms with Gasteiger partial charge in [0.25, 0.3) is 0 Å². The van der Waals surface area contributed by atoms with E-state index in [1.807, 2.05) is 11.0 Å². The van der Waals surface area contributed by atoms with Crippen LogP contribution in [-0.4, -0.2) is 29.9 Å². The second kappa shape index (κ2) is 7.28. The molecule has 1 aromatic carbocycles. The zero-order valence-electron chi connectivity index (χ0n) is 13.4. The lowest BCUT2D eigenvalue weighted by atomic mass is 9.86. The highest BCUT2D eigenvalue weighted by Gasteiger charge is 2.33. The predicted molar refractivity (Wildman–Crippen MR) is 89.5 cm³/mol. The number of nitrogens with zero attached hydrogens (tertiary/aromatic N) is 1. The average Bonchev–Trinajstić information content (AvgIpc) is 2.96. The third-order valence-corrected chi connectivity index (χ3v) is 5.44. The molecule has 3 rings (SSSR count). The fourth-order valence-electron chi connectivity index (χ4n) is 4.05. The van der Waals surface area contributed by atoms with Crippen LogP contribution in [0.15, 0.2) is 30.3 Å². The minimum absolute atomic E-state index is 0.0704. The van der Waals surface area contributed by atoms with Gasteiger partial charge in [0.15, 0.2) is 0 Å². The van der Waals surface area contributed by atoms with Gasteiger partial charge in [-0.3, -0.25) is 4.79 Å². The lowest BCUT2D eigenvalue weighted by molar-refractivity contribution is -0.130. The standard InChI is InChI=1S/C19H28N2O/c20-18-14-21(13-17(18)16-9-5-2-6-10-16)19(22)12-11-15-7-3-1-4-8-15/h2,5-6,9-10,15,17-18H,1,3-4,7-8,11-14,20H2/t17-,18+/m0/s1. The van der Waals surface area contributed by atoms with Crippen LogP contribution in [0.1, 0.15) is 56.4 Å². The molecule has 1 saturated carbocycles. The molecule has 3 heteroatoms. The maximum absolute atomic E-state index is 12.5. The maximum atomic E-state index is 12.5. The fourth-order valence-corrected chi connectivity index (χ4v) is 4.05. The van der Waals surface area contributed by atoms with Crippen molar-refractivity contribution in [2.75, 3.05) is 13.1 Å². The highest BCUT2D eigenvalue weighted by Crippen LogP contribution is 2.29. The molecule has 120 valence electrons. The van der Waals surface area contributed by atoms with Crippen LogP contribution in [-0.2, 0) is 4.79 Å². The number of carbonyl (C=O) groups excluding carboxylic acids is 1. The molecule has 0 bridgehead atoms. The molecule has 22 heavy (non-hydrogen) atoms. The molecule has 1 aromatic rings. The van der Waals surface area contributed by atoms with Gasteiger partial charge >= 0.3 is 0 Å². The van der Waals surface area contributed by atoms with Crippen molar-refractivity contribution in [3.63, 3.8) is 0 Å². The Morgan fingerprint density at radius 3 is 2.55 bits per heavy atom. The van der Waals surface area contributed by atoms with E-state index in [1.165, 1.54) is 37.7 Å². The molecule has 1 aliphatic carbocycles. The van der Waals surface area contributed by atoms with Crippen LogP contribution in [0.25, 0.3) is 0 Å². The number of hydrogen-bond acceptors (Lipinski definition) is 2. The van der Waals surface area contributed by atoms with Gasteiger partial charge < -0.3 is 10.6 Å². The number of benzene rings is 1. The minimum Gasteiger partial charge on any atom is -0.340 e. The van der Waals surface area contributed by atoms with Crippen LogP contribution in [0.4, 0.5) is 0 Å². The van der Waals surface area contributed by atoms with Crippen molar-refractivity contribution in [2.24, 2.45) is 11.7 Å². The van der Waals surface area contributed by atoms with Crippen molar-refractivity contribution in [3.8, 4) is 0 Å². The van der Waals surface area contributed by atoms with Gasteiger partial charge in [0.2, 0.25) is 5.91 Å². The smallest absolute Gasteiger partial charge is 0.222 e. The van der Waals surface area contributed by atoms with E-state index in [9.17, 15) is 4.79 Å². The fraction of sp³-hybridized carbons (Fsp3) is 0.632. The van der Waals surface area contributed by atoms with Crippen LogP contribution >= 0.6 is 0 Å². The zero-order chi connectivity index (χ0) is 15.4. The number of amides is 1. The van der Waals surface area contributed by atoms with Crippen LogP contribution in [0.3, 0.4) is 0 Å². The van der Waals surface area contributed by atoms with Crippen LogP contribution in [0, 0.1) is 5.92 Å². The minimum atomic E-state index is 0.0704. The van der Waals surface area contributed by atoms with E-state index >= 15 is 0 Å². The molecule has 2 N–H and O–H groups in total. The summed E-state index contributed by atoms with van der Waals surface area (Å²) < 4.78 is 0. The number of likely N-dealkylation sites (tertiary alicyclic amines) is 1. The lowest BCUT2D eigenvalue weighted by Crippen LogP contribution is -2.32. The third-order valence-electron chi connectivity index (χ3n) is 5.44. The van der Waals surface area contributed by atoms with Gasteiger partial charge in [0, 0.05) is 31.5 Å². The Hall–Kier alpha value is -1.35. The molecule has 1 amide bonds. The molecule has 1 aliphatic heterocycles. The molecule has 2 atom stereocenters. The Morgan fingerprint density at radius 2 is 1.82 bits per heavy atom. The molecule has 2 fully saturated rings. The molecule has 3 nitrogen and oxygen atoms in total. The summed E-state index contributed by atoms with van der Waals surface area (Å²) in [5.41, 5.74) is 7.55.